The minimum absolute atomic E-state index is 0.120. The normalized spacial score (nSPS) is 14.2. The van der Waals surface area contributed by atoms with Crippen molar-refractivity contribution in [2.75, 3.05) is 18.5 Å². The zero-order valence-electron chi connectivity index (χ0n) is 17.6. The van der Waals surface area contributed by atoms with Crippen molar-refractivity contribution in [3.8, 4) is 11.5 Å². The summed E-state index contributed by atoms with van der Waals surface area (Å²) in [5.41, 5.74) is 1.07. The molecular weight excluding hydrogens is 380 g/mol. The summed E-state index contributed by atoms with van der Waals surface area (Å²) in [7, 11) is 0. The van der Waals surface area contributed by atoms with E-state index in [1.54, 1.807) is 19.2 Å². The summed E-state index contributed by atoms with van der Waals surface area (Å²) < 4.78 is 11.5. The van der Waals surface area contributed by atoms with Crippen LogP contribution in [0.5, 0.6) is 11.5 Å². The molecule has 0 aliphatic heterocycles. The molecule has 30 heavy (non-hydrogen) atoms. The maximum Gasteiger partial charge on any atom is 0.263 e. The number of pyridine rings is 1. The fraction of sp³-hybridized carbons (Fsp3) is 0.458. The smallest absolute Gasteiger partial charge is 0.263 e. The number of aryl methyl sites for hydroxylation is 1. The first-order chi connectivity index (χ1) is 14.6. The third-order valence-electron chi connectivity index (χ3n) is 5.29. The standard InChI is InChI=1S/C24H30N2O4/c1-18(27)9-10-19-11-13-21(14-12-19)29-17-23(28)26-24-22(8-5-15-25-24)30-16-20-6-3-2-4-7-20/h5,8,11-15,20H,2-4,6-7,9-10,16-17H2,1H3,(H,25,26,28). The van der Waals surface area contributed by atoms with Gasteiger partial charge in [0.1, 0.15) is 11.5 Å². The van der Waals surface area contributed by atoms with Crippen LogP contribution < -0.4 is 14.8 Å². The molecule has 1 aliphatic carbocycles. The van der Waals surface area contributed by atoms with Gasteiger partial charge in [0.25, 0.3) is 5.91 Å². The van der Waals surface area contributed by atoms with E-state index >= 15 is 0 Å². The molecule has 0 radical (unpaired) electrons. The Balaban J connectivity index is 1.47. The van der Waals surface area contributed by atoms with Crippen molar-refractivity contribution in [3.63, 3.8) is 0 Å². The predicted molar refractivity (Wildman–Crippen MR) is 116 cm³/mol. The number of Topliss-reactive ketones (excluding diaryl/α,β-unsaturated/α-hetero) is 1. The Labute approximate surface area is 178 Å². The highest BCUT2D eigenvalue weighted by Gasteiger charge is 2.16. The Morgan fingerprint density at radius 3 is 2.57 bits per heavy atom. The molecule has 0 unspecified atom stereocenters. The number of carbonyl (C=O) groups excluding carboxylic acids is 2. The second-order valence-corrected chi connectivity index (χ2v) is 7.85. The van der Waals surface area contributed by atoms with E-state index in [0.717, 1.165) is 5.56 Å². The van der Waals surface area contributed by atoms with Crippen LogP contribution in [0.2, 0.25) is 0 Å². The van der Waals surface area contributed by atoms with Crippen molar-refractivity contribution in [1.29, 1.82) is 0 Å². The Bertz CT molecular complexity index is 829. The second-order valence-electron chi connectivity index (χ2n) is 7.85. The summed E-state index contributed by atoms with van der Waals surface area (Å²) >= 11 is 0. The van der Waals surface area contributed by atoms with E-state index in [2.05, 4.69) is 10.3 Å². The zero-order valence-corrected chi connectivity index (χ0v) is 17.6. The summed E-state index contributed by atoms with van der Waals surface area (Å²) in [4.78, 5) is 27.6. The number of carbonyl (C=O) groups is 2. The van der Waals surface area contributed by atoms with Crippen LogP contribution in [0.25, 0.3) is 0 Å². The first-order valence-corrected chi connectivity index (χ1v) is 10.7. The molecule has 6 nitrogen and oxygen atoms in total. The van der Waals surface area contributed by atoms with Gasteiger partial charge in [0.15, 0.2) is 18.2 Å². The molecule has 1 aromatic carbocycles. The first-order valence-electron chi connectivity index (χ1n) is 10.7. The molecule has 1 amide bonds. The summed E-state index contributed by atoms with van der Waals surface area (Å²) in [5, 5.41) is 2.78. The zero-order chi connectivity index (χ0) is 21.2. The van der Waals surface area contributed by atoms with Crippen LogP contribution in [0.1, 0.15) is 51.0 Å². The third kappa shape index (κ3) is 7.17. The van der Waals surface area contributed by atoms with Crippen LogP contribution in [-0.2, 0) is 16.0 Å². The first kappa shape index (κ1) is 21.8. The molecule has 6 heteroatoms. The minimum atomic E-state index is -0.295. The van der Waals surface area contributed by atoms with Gasteiger partial charge in [0.05, 0.1) is 6.61 Å². The van der Waals surface area contributed by atoms with Crippen molar-refractivity contribution in [2.45, 2.75) is 51.9 Å². The largest absolute Gasteiger partial charge is 0.489 e. The number of ketones is 1. The van der Waals surface area contributed by atoms with Gasteiger partial charge in [-0.1, -0.05) is 31.4 Å². The average Bonchev–Trinajstić information content (AvgIpc) is 2.77. The van der Waals surface area contributed by atoms with Crippen molar-refractivity contribution < 1.29 is 19.1 Å². The van der Waals surface area contributed by atoms with E-state index in [9.17, 15) is 9.59 Å². The van der Waals surface area contributed by atoms with Crippen LogP contribution in [-0.4, -0.2) is 29.9 Å². The summed E-state index contributed by atoms with van der Waals surface area (Å²) in [5.74, 6) is 2.06. The Morgan fingerprint density at radius 2 is 1.83 bits per heavy atom. The fourth-order valence-corrected chi connectivity index (χ4v) is 3.55. The molecule has 1 aromatic heterocycles. The van der Waals surface area contributed by atoms with Crippen molar-refractivity contribution in [3.05, 3.63) is 48.2 Å². The van der Waals surface area contributed by atoms with Gasteiger partial charge in [-0.2, -0.15) is 0 Å². The van der Waals surface area contributed by atoms with Crippen molar-refractivity contribution >= 4 is 17.5 Å². The molecule has 3 rings (SSSR count). The second kappa shape index (κ2) is 11.3. The molecule has 2 aromatic rings. The molecule has 0 spiro atoms. The monoisotopic (exact) mass is 410 g/mol. The number of amides is 1. The Kier molecular flexibility index (Phi) is 8.24. The number of hydrogen-bond acceptors (Lipinski definition) is 5. The minimum Gasteiger partial charge on any atom is -0.489 e. The van der Waals surface area contributed by atoms with Gasteiger partial charge in [-0.15, -0.1) is 0 Å². The average molecular weight is 411 g/mol. The number of rotatable bonds is 10. The molecule has 1 N–H and O–H groups in total. The molecule has 1 fully saturated rings. The number of anilines is 1. The molecule has 0 saturated heterocycles. The van der Waals surface area contributed by atoms with E-state index in [1.807, 2.05) is 30.3 Å². The molecule has 1 heterocycles. The summed E-state index contributed by atoms with van der Waals surface area (Å²) in [6.45, 7) is 2.12. The Morgan fingerprint density at radius 1 is 1.07 bits per heavy atom. The van der Waals surface area contributed by atoms with E-state index < -0.39 is 0 Å². The summed E-state index contributed by atoms with van der Waals surface area (Å²) in [6, 6.07) is 11.1. The topological polar surface area (TPSA) is 77.5 Å². The number of nitrogens with one attached hydrogen (secondary N) is 1. The number of hydrogen-bond donors (Lipinski definition) is 1. The fourth-order valence-electron chi connectivity index (χ4n) is 3.55. The lowest BCUT2D eigenvalue weighted by atomic mass is 9.90. The lowest BCUT2D eigenvalue weighted by Gasteiger charge is -2.22. The lowest BCUT2D eigenvalue weighted by molar-refractivity contribution is -0.118. The predicted octanol–water partition coefficient (Wildman–Crippen LogP) is 4.58. The number of nitrogens with zero attached hydrogens (tertiary/aromatic N) is 1. The van der Waals surface area contributed by atoms with Gasteiger partial charge in [-0.05, 0) is 61.9 Å². The quantitative estimate of drug-likeness (QED) is 0.620. The van der Waals surface area contributed by atoms with Gasteiger partial charge < -0.3 is 19.6 Å². The molecule has 0 bridgehead atoms. The number of ether oxygens (including phenoxy) is 2. The van der Waals surface area contributed by atoms with Crippen LogP contribution in [0.15, 0.2) is 42.6 Å². The maximum absolute atomic E-state index is 12.3. The number of benzene rings is 1. The van der Waals surface area contributed by atoms with Crippen LogP contribution in [0.4, 0.5) is 5.82 Å². The highest BCUT2D eigenvalue weighted by molar-refractivity contribution is 5.92. The molecule has 160 valence electrons. The van der Waals surface area contributed by atoms with Gasteiger partial charge >= 0.3 is 0 Å². The van der Waals surface area contributed by atoms with Gasteiger partial charge in [0.2, 0.25) is 0 Å². The number of aromatic nitrogens is 1. The lowest BCUT2D eigenvalue weighted by Crippen LogP contribution is -2.22. The van der Waals surface area contributed by atoms with Gasteiger partial charge in [-0.3, -0.25) is 4.79 Å². The summed E-state index contributed by atoms with van der Waals surface area (Å²) in [6.07, 6.45) is 9.10. The SMILES string of the molecule is CC(=O)CCc1ccc(OCC(=O)Nc2ncccc2OCC2CCCCC2)cc1. The van der Waals surface area contributed by atoms with Crippen molar-refractivity contribution in [2.24, 2.45) is 5.92 Å². The highest BCUT2D eigenvalue weighted by Crippen LogP contribution is 2.27. The molecule has 1 aliphatic rings. The van der Waals surface area contributed by atoms with E-state index in [-0.39, 0.29) is 18.3 Å². The van der Waals surface area contributed by atoms with Crippen LogP contribution >= 0.6 is 0 Å². The third-order valence-corrected chi connectivity index (χ3v) is 5.29. The van der Waals surface area contributed by atoms with E-state index in [4.69, 9.17) is 9.47 Å². The van der Waals surface area contributed by atoms with E-state index in [1.165, 1.54) is 32.1 Å². The van der Waals surface area contributed by atoms with Crippen LogP contribution in [0, 0.1) is 5.92 Å². The van der Waals surface area contributed by atoms with E-state index in [0.29, 0.717) is 42.7 Å². The molecular formula is C24H30N2O4. The maximum atomic E-state index is 12.3. The van der Waals surface area contributed by atoms with Gasteiger partial charge in [-0.25, -0.2) is 4.98 Å². The van der Waals surface area contributed by atoms with Gasteiger partial charge in [0, 0.05) is 12.6 Å². The van der Waals surface area contributed by atoms with Crippen molar-refractivity contribution in [1.82, 2.24) is 4.98 Å². The molecule has 1 saturated carbocycles. The highest BCUT2D eigenvalue weighted by atomic mass is 16.5. The van der Waals surface area contributed by atoms with Crippen LogP contribution in [0.3, 0.4) is 0 Å². The Hall–Kier alpha value is -2.89. The molecule has 0 atom stereocenters.